The van der Waals surface area contributed by atoms with Crippen LogP contribution in [-0.4, -0.2) is 29.1 Å². The molecule has 1 aromatic rings. The summed E-state index contributed by atoms with van der Waals surface area (Å²) < 4.78 is 0. The van der Waals surface area contributed by atoms with Crippen molar-refractivity contribution in [1.82, 2.24) is 9.97 Å². The third-order valence-electron chi connectivity index (χ3n) is 3.54. The Morgan fingerprint density at radius 1 is 1.24 bits per heavy atom. The number of hydrogen-bond donors (Lipinski definition) is 1. The van der Waals surface area contributed by atoms with E-state index in [0.717, 1.165) is 43.3 Å². The van der Waals surface area contributed by atoms with E-state index in [2.05, 4.69) is 21.8 Å². The first kappa shape index (κ1) is 12.3. The number of aryl methyl sites for hydroxylation is 2. The summed E-state index contributed by atoms with van der Waals surface area (Å²) in [6, 6.07) is 2.32. The van der Waals surface area contributed by atoms with Crippen LogP contribution in [0, 0.1) is 19.8 Å². The molecule has 0 radical (unpaired) electrons. The van der Waals surface area contributed by atoms with Gasteiger partial charge in [0.05, 0.1) is 0 Å². The maximum Gasteiger partial charge on any atom is 0.225 e. The van der Waals surface area contributed by atoms with E-state index >= 15 is 0 Å². The van der Waals surface area contributed by atoms with Crippen LogP contribution in [0.25, 0.3) is 0 Å². The molecule has 1 atom stereocenters. The first-order valence-electron chi connectivity index (χ1n) is 6.39. The van der Waals surface area contributed by atoms with Gasteiger partial charge < -0.3 is 10.6 Å². The van der Waals surface area contributed by atoms with Gasteiger partial charge in [0.1, 0.15) is 0 Å². The molecule has 94 valence electrons. The fourth-order valence-electron chi connectivity index (χ4n) is 2.47. The lowest BCUT2D eigenvalue weighted by Gasteiger charge is -2.33. The average Bonchev–Trinajstić information content (AvgIpc) is 2.28. The molecule has 0 bridgehead atoms. The minimum atomic E-state index is 0.303. The maximum atomic E-state index is 5.95. The second-order valence-electron chi connectivity index (χ2n) is 5.13. The lowest BCUT2D eigenvalue weighted by atomic mass is 9.91. The molecule has 2 heterocycles. The summed E-state index contributed by atoms with van der Waals surface area (Å²) in [5.74, 6) is 1.53. The summed E-state index contributed by atoms with van der Waals surface area (Å²) in [7, 11) is 0. The van der Waals surface area contributed by atoms with Gasteiger partial charge in [-0.2, -0.15) is 0 Å². The number of rotatable bonds is 2. The zero-order chi connectivity index (χ0) is 12.4. The fraction of sp³-hybridized carbons (Fsp3) is 0.692. The molecule has 4 heteroatoms. The molecular formula is C13H22N4. The normalized spacial score (nSPS) is 19.4. The van der Waals surface area contributed by atoms with Gasteiger partial charge in [-0.15, -0.1) is 0 Å². The van der Waals surface area contributed by atoms with Crippen molar-refractivity contribution < 1.29 is 0 Å². The summed E-state index contributed by atoms with van der Waals surface area (Å²) in [6.07, 6.45) is 2.29. The molecule has 1 fully saturated rings. The van der Waals surface area contributed by atoms with Crippen LogP contribution in [0.1, 0.15) is 31.2 Å². The molecule has 0 aromatic carbocycles. The van der Waals surface area contributed by atoms with Crippen LogP contribution in [0.4, 0.5) is 5.95 Å². The Hall–Kier alpha value is -1.16. The number of anilines is 1. The van der Waals surface area contributed by atoms with Crippen LogP contribution < -0.4 is 10.6 Å². The fourth-order valence-corrected chi connectivity index (χ4v) is 2.47. The van der Waals surface area contributed by atoms with Crippen molar-refractivity contribution in [2.45, 2.75) is 39.7 Å². The highest BCUT2D eigenvalue weighted by molar-refractivity contribution is 5.32. The summed E-state index contributed by atoms with van der Waals surface area (Å²) in [5, 5.41) is 0. The molecule has 1 aromatic heterocycles. The third kappa shape index (κ3) is 2.94. The van der Waals surface area contributed by atoms with Crippen molar-refractivity contribution >= 4 is 5.95 Å². The van der Waals surface area contributed by atoms with Crippen LogP contribution in [0.2, 0.25) is 0 Å². The minimum Gasteiger partial charge on any atom is -0.341 e. The zero-order valence-corrected chi connectivity index (χ0v) is 11.0. The highest BCUT2D eigenvalue weighted by atomic mass is 15.3. The molecule has 4 nitrogen and oxygen atoms in total. The van der Waals surface area contributed by atoms with E-state index in [1.165, 1.54) is 0 Å². The van der Waals surface area contributed by atoms with Crippen LogP contribution in [-0.2, 0) is 0 Å². The number of nitrogens with zero attached hydrogens (tertiary/aromatic N) is 3. The highest BCUT2D eigenvalue weighted by Crippen LogP contribution is 2.22. The lowest BCUT2D eigenvalue weighted by molar-refractivity contribution is 0.352. The Bertz CT molecular complexity index is 361. The quantitative estimate of drug-likeness (QED) is 0.845. The Kier molecular flexibility index (Phi) is 3.62. The van der Waals surface area contributed by atoms with Gasteiger partial charge in [-0.05, 0) is 45.6 Å². The van der Waals surface area contributed by atoms with E-state index in [1.54, 1.807) is 0 Å². The molecule has 0 saturated carbocycles. The van der Waals surface area contributed by atoms with Crippen molar-refractivity contribution in [3.63, 3.8) is 0 Å². The number of hydrogen-bond acceptors (Lipinski definition) is 4. The molecule has 2 rings (SSSR count). The number of aromatic nitrogens is 2. The molecule has 0 aliphatic carbocycles. The van der Waals surface area contributed by atoms with Crippen LogP contribution >= 0.6 is 0 Å². The third-order valence-corrected chi connectivity index (χ3v) is 3.54. The van der Waals surface area contributed by atoms with Crippen molar-refractivity contribution in [3.05, 3.63) is 17.5 Å². The molecule has 1 saturated heterocycles. The van der Waals surface area contributed by atoms with Gasteiger partial charge in [0, 0.05) is 30.5 Å². The van der Waals surface area contributed by atoms with Crippen molar-refractivity contribution in [3.8, 4) is 0 Å². The molecule has 1 aliphatic heterocycles. The Morgan fingerprint density at radius 3 is 2.24 bits per heavy atom. The lowest BCUT2D eigenvalue weighted by Crippen LogP contribution is -2.40. The van der Waals surface area contributed by atoms with Gasteiger partial charge in [-0.25, -0.2) is 9.97 Å². The first-order valence-corrected chi connectivity index (χ1v) is 6.39. The van der Waals surface area contributed by atoms with Crippen LogP contribution in [0.3, 0.4) is 0 Å². The standard InChI is InChI=1S/C13H22N4/c1-9-8-10(2)16-13(15-9)17-6-4-12(5-7-17)11(3)14/h8,11-12H,4-7,14H2,1-3H3. The van der Waals surface area contributed by atoms with Crippen LogP contribution in [0.15, 0.2) is 6.07 Å². The monoisotopic (exact) mass is 234 g/mol. The van der Waals surface area contributed by atoms with Crippen molar-refractivity contribution in [2.24, 2.45) is 11.7 Å². The minimum absolute atomic E-state index is 0.303. The smallest absolute Gasteiger partial charge is 0.225 e. The van der Waals surface area contributed by atoms with E-state index in [4.69, 9.17) is 5.73 Å². The summed E-state index contributed by atoms with van der Waals surface area (Å²) in [4.78, 5) is 11.3. The molecule has 1 aliphatic rings. The summed E-state index contributed by atoms with van der Waals surface area (Å²) in [6.45, 7) is 8.19. The molecular weight excluding hydrogens is 212 g/mol. The summed E-state index contributed by atoms with van der Waals surface area (Å²) >= 11 is 0. The van der Waals surface area contributed by atoms with Crippen molar-refractivity contribution in [2.75, 3.05) is 18.0 Å². The maximum absolute atomic E-state index is 5.95. The van der Waals surface area contributed by atoms with E-state index < -0.39 is 0 Å². The second kappa shape index (κ2) is 5.00. The average molecular weight is 234 g/mol. The topological polar surface area (TPSA) is 55.0 Å². The van der Waals surface area contributed by atoms with Gasteiger partial charge in [0.2, 0.25) is 5.95 Å². The Morgan fingerprint density at radius 2 is 1.76 bits per heavy atom. The molecule has 0 spiro atoms. The van der Waals surface area contributed by atoms with Crippen LogP contribution in [0.5, 0.6) is 0 Å². The largest absolute Gasteiger partial charge is 0.341 e. The first-order chi connectivity index (χ1) is 8.06. The molecule has 1 unspecified atom stereocenters. The molecule has 0 amide bonds. The van der Waals surface area contributed by atoms with E-state index in [0.29, 0.717) is 12.0 Å². The van der Waals surface area contributed by atoms with Gasteiger partial charge in [0.15, 0.2) is 0 Å². The predicted octanol–water partition coefficient (Wildman–Crippen LogP) is 1.66. The van der Waals surface area contributed by atoms with Gasteiger partial charge in [-0.1, -0.05) is 0 Å². The van der Waals surface area contributed by atoms with Crippen molar-refractivity contribution in [1.29, 1.82) is 0 Å². The number of piperidine rings is 1. The Labute approximate surface area is 103 Å². The molecule has 17 heavy (non-hydrogen) atoms. The highest BCUT2D eigenvalue weighted by Gasteiger charge is 2.23. The zero-order valence-electron chi connectivity index (χ0n) is 11.0. The number of nitrogens with two attached hydrogens (primary N) is 1. The van der Waals surface area contributed by atoms with E-state index in [-0.39, 0.29) is 0 Å². The SMILES string of the molecule is Cc1cc(C)nc(N2CCC(C(C)N)CC2)n1. The second-order valence-corrected chi connectivity index (χ2v) is 5.13. The Balaban J connectivity index is 2.05. The predicted molar refractivity (Wildman–Crippen MR) is 70.1 cm³/mol. The van der Waals surface area contributed by atoms with Gasteiger partial charge >= 0.3 is 0 Å². The van der Waals surface area contributed by atoms with E-state index in [1.807, 2.05) is 19.9 Å². The summed E-state index contributed by atoms with van der Waals surface area (Å²) in [5.41, 5.74) is 8.04. The van der Waals surface area contributed by atoms with Gasteiger partial charge in [0.25, 0.3) is 0 Å². The molecule has 2 N–H and O–H groups in total. The van der Waals surface area contributed by atoms with E-state index in [9.17, 15) is 0 Å². The van der Waals surface area contributed by atoms with Gasteiger partial charge in [-0.3, -0.25) is 0 Å².